The normalized spacial score (nSPS) is 43.7. The van der Waals surface area contributed by atoms with Gasteiger partial charge in [0.05, 0.1) is 12.7 Å². The molecular weight excluding hydrogens is 118 g/mol. The van der Waals surface area contributed by atoms with Crippen LogP contribution < -0.4 is 5.32 Å². The average molecular weight is 131 g/mol. The molecule has 3 N–H and O–H groups in total. The fourth-order valence-electron chi connectivity index (χ4n) is 1.15. The lowest BCUT2D eigenvalue weighted by atomic mass is 10.0. The number of hydrogen-bond donors (Lipinski definition) is 3. The van der Waals surface area contributed by atoms with Crippen molar-refractivity contribution >= 4 is 0 Å². The van der Waals surface area contributed by atoms with Crippen molar-refractivity contribution in [2.45, 2.75) is 25.0 Å². The van der Waals surface area contributed by atoms with Crippen LogP contribution >= 0.6 is 0 Å². The molecule has 0 aliphatic carbocycles. The molecule has 0 saturated carbocycles. The van der Waals surface area contributed by atoms with E-state index in [0.717, 1.165) is 0 Å². The van der Waals surface area contributed by atoms with Gasteiger partial charge in [-0.3, -0.25) is 0 Å². The summed E-state index contributed by atoms with van der Waals surface area (Å²) in [5, 5.41) is 20.8. The van der Waals surface area contributed by atoms with E-state index in [0.29, 0.717) is 13.0 Å². The first-order valence-corrected chi connectivity index (χ1v) is 3.20. The number of rotatable bonds is 1. The van der Waals surface area contributed by atoms with Gasteiger partial charge in [-0.25, -0.2) is 0 Å². The van der Waals surface area contributed by atoms with Gasteiger partial charge in [0.2, 0.25) is 0 Å². The second kappa shape index (κ2) is 2.25. The van der Waals surface area contributed by atoms with Crippen molar-refractivity contribution in [1.82, 2.24) is 5.32 Å². The zero-order valence-electron chi connectivity index (χ0n) is 5.59. The molecular formula is C6H13NO2. The molecule has 3 nitrogen and oxygen atoms in total. The Morgan fingerprint density at radius 1 is 1.78 bits per heavy atom. The van der Waals surface area contributed by atoms with Crippen molar-refractivity contribution in [3.8, 4) is 0 Å². The van der Waals surface area contributed by atoms with Crippen molar-refractivity contribution in [2.24, 2.45) is 0 Å². The summed E-state index contributed by atoms with van der Waals surface area (Å²) in [5.41, 5.74) is -0.237. The maximum absolute atomic E-state index is 9.02. The minimum absolute atomic E-state index is 0.101. The highest BCUT2D eigenvalue weighted by Gasteiger charge is 2.32. The Bertz CT molecular complexity index is 107. The molecule has 3 heteroatoms. The molecule has 2 atom stereocenters. The fraction of sp³-hybridized carbons (Fsp3) is 1.00. The molecule has 1 aliphatic rings. The van der Waals surface area contributed by atoms with Gasteiger partial charge < -0.3 is 15.5 Å². The van der Waals surface area contributed by atoms with Crippen LogP contribution in [-0.2, 0) is 0 Å². The Morgan fingerprint density at radius 2 is 2.44 bits per heavy atom. The van der Waals surface area contributed by atoms with Crippen LogP contribution in [0.4, 0.5) is 0 Å². The molecule has 0 unspecified atom stereocenters. The van der Waals surface area contributed by atoms with E-state index in [-0.39, 0.29) is 18.2 Å². The topological polar surface area (TPSA) is 52.5 Å². The first-order valence-electron chi connectivity index (χ1n) is 3.20. The summed E-state index contributed by atoms with van der Waals surface area (Å²) >= 11 is 0. The third kappa shape index (κ3) is 1.41. The second-order valence-electron chi connectivity index (χ2n) is 2.96. The van der Waals surface area contributed by atoms with E-state index in [9.17, 15) is 0 Å². The number of β-amino-alcohol motifs (C(OH)–C–C–N with tert-alkyl or cyclic N) is 1. The van der Waals surface area contributed by atoms with E-state index in [4.69, 9.17) is 10.2 Å². The van der Waals surface area contributed by atoms with Crippen LogP contribution in [0.15, 0.2) is 0 Å². The number of hydrogen-bond acceptors (Lipinski definition) is 3. The van der Waals surface area contributed by atoms with Crippen LogP contribution in [0.5, 0.6) is 0 Å². The molecule has 1 heterocycles. The molecule has 0 aromatic heterocycles. The van der Waals surface area contributed by atoms with Crippen LogP contribution in [0, 0.1) is 0 Å². The Balaban J connectivity index is 2.45. The van der Waals surface area contributed by atoms with Crippen molar-refractivity contribution in [2.75, 3.05) is 13.2 Å². The maximum atomic E-state index is 9.02. The molecule has 54 valence electrons. The van der Waals surface area contributed by atoms with Crippen molar-refractivity contribution in [3.63, 3.8) is 0 Å². The third-order valence-corrected chi connectivity index (χ3v) is 1.80. The summed E-state index contributed by atoms with van der Waals surface area (Å²) in [6, 6.07) is 0. The molecule has 1 rings (SSSR count). The van der Waals surface area contributed by atoms with Crippen LogP contribution in [0.2, 0.25) is 0 Å². The monoisotopic (exact) mass is 131 g/mol. The van der Waals surface area contributed by atoms with Gasteiger partial charge in [0.25, 0.3) is 0 Å². The summed E-state index contributed by atoms with van der Waals surface area (Å²) in [6.45, 7) is 2.62. The molecule has 0 amide bonds. The van der Waals surface area contributed by atoms with Gasteiger partial charge in [-0.15, -0.1) is 0 Å². The average Bonchev–Trinajstić information content (AvgIpc) is 2.13. The summed E-state index contributed by atoms with van der Waals surface area (Å²) in [7, 11) is 0. The molecule has 0 aromatic carbocycles. The first-order chi connectivity index (χ1) is 4.16. The highest BCUT2D eigenvalue weighted by Crippen LogP contribution is 2.17. The zero-order chi connectivity index (χ0) is 6.91. The summed E-state index contributed by atoms with van der Waals surface area (Å²) in [5.74, 6) is 0. The zero-order valence-corrected chi connectivity index (χ0v) is 5.59. The fourth-order valence-corrected chi connectivity index (χ4v) is 1.15. The van der Waals surface area contributed by atoms with Gasteiger partial charge in [0, 0.05) is 12.1 Å². The van der Waals surface area contributed by atoms with E-state index in [2.05, 4.69) is 5.32 Å². The SMILES string of the molecule is C[C@]1(CO)C[C@@H](O)CN1. The van der Waals surface area contributed by atoms with E-state index in [1.807, 2.05) is 6.92 Å². The molecule has 0 spiro atoms. The molecule has 1 saturated heterocycles. The predicted octanol–water partition coefficient (Wildman–Crippen LogP) is -0.908. The van der Waals surface area contributed by atoms with E-state index >= 15 is 0 Å². The predicted molar refractivity (Wildman–Crippen MR) is 34.1 cm³/mol. The van der Waals surface area contributed by atoms with E-state index in [1.165, 1.54) is 0 Å². The van der Waals surface area contributed by atoms with Crippen molar-refractivity contribution in [3.05, 3.63) is 0 Å². The lowest BCUT2D eigenvalue weighted by Gasteiger charge is -2.19. The largest absolute Gasteiger partial charge is 0.394 e. The van der Waals surface area contributed by atoms with Gasteiger partial charge in [0.1, 0.15) is 0 Å². The standard InChI is InChI=1S/C6H13NO2/c1-6(4-8)2-5(9)3-7-6/h5,7-9H,2-4H2,1H3/t5-,6-/m1/s1. The second-order valence-corrected chi connectivity index (χ2v) is 2.96. The van der Waals surface area contributed by atoms with Crippen molar-refractivity contribution < 1.29 is 10.2 Å². The molecule has 0 radical (unpaired) electrons. The molecule has 1 aliphatic heterocycles. The quantitative estimate of drug-likeness (QED) is 0.432. The molecule has 0 bridgehead atoms. The van der Waals surface area contributed by atoms with Gasteiger partial charge in [-0.05, 0) is 13.3 Å². The van der Waals surface area contributed by atoms with Gasteiger partial charge >= 0.3 is 0 Å². The number of nitrogens with one attached hydrogen (secondary N) is 1. The lowest BCUT2D eigenvalue weighted by molar-refractivity contribution is 0.156. The maximum Gasteiger partial charge on any atom is 0.0683 e. The summed E-state index contributed by atoms with van der Waals surface area (Å²) in [4.78, 5) is 0. The van der Waals surface area contributed by atoms with E-state index in [1.54, 1.807) is 0 Å². The molecule has 1 fully saturated rings. The Hall–Kier alpha value is -0.120. The van der Waals surface area contributed by atoms with Gasteiger partial charge in [-0.2, -0.15) is 0 Å². The molecule has 9 heavy (non-hydrogen) atoms. The molecule has 0 aromatic rings. The minimum Gasteiger partial charge on any atom is -0.394 e. The number of aliphatic hydroxyl groups is 2. The third-order valence-electron chi connectivity index (χ3n) is 1.80. The summed E-state index contributed by atoms with van der Waals surface area (Å²) < 4.78 is 0. The van der Waals surface area contributed by atoms with Crippen LogP contribution in [0.1, 0.15) is 13.3 Å². The smallest absolute Gasteiger partial charge is 0.0683 e. The number of aliphatic hydroxyl groups excluding tert-OH is 2. The highest BCUT2D eigenvalue weighted by molar-refractivity contribution is 4.92. The van der Waals surface area contributed by atoms with Crippen LogP contribution in [0.3, 0.4) is 0 Å². The highest BCUT2D eigenvalue weighted by atomic mass is 16.3. The Kier molecular flexibility index (Phi) is 1.75. The summed E-state index contributed by atoms with van der Waals surface area (Å²) in [6.07, 6.45) is 0.380. The van der Waals surface area contributed by atoms with Crippen LogP contribution in [-0.4, -0.2) is 35.0 Å². The van der Waals surface area contributed by atoms with Crippen molar-refractivity contribution in [1.29, 1.82) is 0 Å². The minimum atomic E-state index is -0.276. The van der Waals surface area contributed by atoms with Crippen LogP contribution in [0.25, 0.3) is 0 Å². The van der Waals surface area contributed by atoms with E-state index < -0.39 is 0 Å². The first kappa shape index (κ1) is 6.99. The Morgan fingerprint density at radius 3 is 2.67 bits per heavy atom. The van der Waals surface area contributed by atoms with Gasteiger partial charge in [0.15, 0.2) is 0 Å². The Labute approximate surface area is 54.7 Å². The van der Waals surface area contributed by atoms with Gasteiger partial charge in [-0.1, -0.05) is 0 Å². The lowest BCUT2D eigenvalue weighted by Crippen LogP contribution is -2.39.